The molecule has 1 heterocycles. The molecule has 0 aliphatic carbocycles. The maximum Gasteiger partial charge on any atom is 0.314 e. The number of carbonyl (C=O) groups excluding carboxylic acids is 1. The molecule has 0 aromatic rings. The van der Waals surface area contributed by atoms with Gasteiger partial charge in [0.2, 0.25) is 0 Å². The fraction of sp³-hybridized carbons (Fsp3) is 0.929. The molecular weight excluding hydrogens is 244 g/mol. The summed E-state index contributed by atoms with van der Waals surface area (Å²) in [5, 5.41) is 14.9. The Bertz CT molecular complexity index is 261. The first kappa shape index (κ1) is 16.2. The van der Waals surface area contributed by atoms with Gasteiger partial charge < -0.3 is 20.5 Å². The molecule has 112 valence electrons. The Balaban J connectivity index is 2.26. The van der Waals surface area contributed by atoms with Gasteiger partial charge in [-0.05, 0) is 37.5 Å². The monoisotopic (exact) mass is 272 g/mol. The van der Waals surface area contributed by atoms with Crippen LogP contribution in [0.2, 0.25) is 0 Å². The minimum Gasteiger partial charge on any atom is -0.396 e. The van der Waals surface area contributed by atoms with Gasteiger partial charge in [0, 0.05) is 26.3 Å². The summed E-state index contributed by atoms with van der Waals surface area (Å²) in [5.74, 6) is 0. The summed E-state index contributed by atoms with van der Waals surface area (Å²) in [7, 11) is 0. The van der Waals surface area contributed by atoms with E-state index in [1.807, 2.05) is 0 Å². The summed E-state index contributed by atoms with van der Waals surface area (Å²) in [6, 6.07) is -0.139. The van der Waals surface area contributed by atoms with Gasteiger partial charge in [-0.3, -0.25) is 0 Å². The average molecular weight is 272 g/mol. The second-order valence-electron chi connectivity index (χ2n) is 5.38. The molecule has 0 aromatic carbocycles. The number of urea groups is 1. The summed E-state index contributed by atoms with van der Waals surface area (Å²) in [5.41, 5.74) is 0.00987. The number of carbonyl (C=O) groups is 1. The Kier molecular flexibility index (Phi) is 7.16. The van der Waals surface area contributed by atoms with Crippen molar-refractivity contribution in [3.63, 3.8) is 0 Å². The minimum atomic E-state index is -0.139. The van der Waals surface area contributed by atoms with Gasteiger partial charge in [-0.15, -0.1) is 0 Å². The standard InChI is InChI=1S/C14H28N2O3/c1-3-14(4-2,7-8-17)11-16-13(18)15-10-12-6-5-9-19-12/h12,17H,3-11H2,1-2H3,(H2,15,16,18)/t12-/m1/s1. The molecule has 0 radical (unpaired) electrons. The molecule has 0 spiro atoms. The number of hydrogen-bond acceptors (Lipinski definition) is 3. The molecule has 0 unspecified atom stereocenters. The zero-order valence-corrected chi connectivity index (χ0v) is 12.2. The van der Waals surface area contributed by atoms with Gasteiger partial charge in [-0.25, -0.2) is 4.79 Å². The molecule has 5 nitrogen and oxygen atoms in total. The molecule has 19 heavy (non-hydrogen) atoms. The smallest absolute Gasteiger partial charge is 0.314 e. The first-order valence-corrected chi connectivity index (χ1v) is 7.40. The highest BCUT2D eigenvalue weighted by Crippen LogP contribution is 2.29. The first-order chi connectivity index (χ1) is 9.15. The van der Waals surface area contributed by atoms with Gasteiger partial charge in [0.05, 0.1) is 6.10 Å². The Labute approximate surface area is 116 Å². The van der Waals surface area contributed by atoms with Crippen LogP contribution in [0.4, 0.5) is 4.79 Å². The van der Waals surface area contributed by atoms with E-state index in [0.717, 1.165) is 38.7 Å². The maximum absolute atomic E-state index is 11.7. The van der Waals surface area contributed by atoms with Crippen molar-refractivity contribution in [2.45, 2.75) is 52.1 Å². The third-order valence-electron chi connectivity index (χ3n) is 4.28. The molecule has 0 aromatic heterocycles. The molecule has 3 N–H and O–H groups in total. The van der Waals surface area contributed by atoms with Crippen LogP contribution in [0.25, 0.3) is 0 Å². The van der Waals surface area contributed by atoms with Crippen molar-refractivity contribution in [2.75, 3.05) is 26.3 Å². The predicted molar refractivity (Wildman–Crippen MR) is 75.1 cm³/mol. The van der Waals surface area contributed by atoms with Gasteiger partial charge in [0.25, 0.3) is 0 Å². The van der Waals surface area contributed by atoms with Crippen molar-refractivity contribution < 1.29 is 14.6 Å². The summed E-state index contributed by atoms with van der Waals surface area (Å²) < 4.78 is 5.45. The van der Waals surface area contributed by atoms with E-state index in [4.69, 9.17) is 9.84 Å². The zero-order chi connectivity index (χ0) is 14.1. The highest BCUT2D eigenvalue weighted by atomic mass is 16.5. The van der Waals surface area contributed by atoms with Crippen LogP contribution in [0.15, 0.2) is 0 Å². The molecule has 0 saturated carbocycles. The van der Waals surface area contributed by atoms with Crippen molar-refractivity contribution in [3.8, 4) is 0 Å². The molecule has 0 bridgehead atoms. The van der Waals surface area contributed by atoms with E-state index in [9.17, 15) is 4.79 Å². The second kappa shape index (κ2) is 8.38. The lowest BCUT2D eigenvalue weighted by Gasteiger charge is -2.31. The first-order valence-electron chi connectivity index (χ1n) is 7.40. The predicted octanol–water partition coefficient (Wildman–Crippen LogP) is 1.65. The van der Waals surface area contributed by atoms with Crippen LogP contribution < -0.4 is 10.6 Å². The highest BCUT2D eigenvalue weighted by molar-refractivity contribution is 5.73. The van der Waals surface area contributed by atoms with E-state index in [-0.39, 0.29) is 24.2 Å². The summed E-state index contributed by atoms with van der Waals surface area (Å²) in [6.45, 7) is 6.37. The van der Waals surface area contributed by atoms with Crippen molar-refractivity contribution in [1.29, 1.82) is 0 Å². The van der Waals surface area contributed by atoms with Crippen molar-refractivity contribution >= 4 is 6.03 Å². The number of nitrogens with one attached hydrogen (secondary N) is 2. The number of hydrogen-bond donors (Lipinski definition) is 3. The van der Waals surface area contributed by atoms with Crippen LogP contribution in [0.5, 0.6) is 0 Å². The Morgan fingerprint density at radius 1 is 1.37 bits per heavy atom. The van der Waals surface area contributed by atoms with Gasteiger partial charge in [-0.1, -0.05) is 13.8 Å². The third kappa shape index (κ3) is 5.37. The second-order valence-corrected chi connectivity index (χ2v) is 5.38. The fourth-order valence-electron chi connectivity index (χ4n) is 2.52. The van der Waals surface area contributed by atoms with Gasteiger partial charge in [0.15, 0.2) is 0 Å². The molecule has 1 aliphatic rings. The maximum atomic E-state index is 11.7. The van der Waals surface area contributed by atoms with Crippen LogP contribution >= 0.6 is 0 Å². The van der Waals surface area contributed by atoms with E-state index in [0.29, 0.717) is 13.1 Å². The number of aliphatic hydroxyl groups excluding tert-OH is 1. The molecule has 5 heteroatoms. The van der Waals surface area contributed by atoms with E-state index in [1.54, 1.807) is 0 Å². The molecule has 1 rings (SSSR count). The van der Waals surface area contributed by atoms with Crippen LogP contribution in [0, 0.1) is 5.41 Å². The summed E-state index contributed by atoms with van der Waals surface area (Å²) >= 11 is 0. The topological polar surface area (TPSA) is 70.6 Å². The average Bonchev–Trinajstić information content (AvgIpc) is 2.94. The van der Waals surface area contributed by atoms with Gasteiger partial charge >= 0.3 is 6.03 Å². The Morgan fingerprint density at radius 3 is 2.63 bits per heavy atom. The number of ether oxygens (including phenoxy) is 1. The van der Waals surface area contributed by atoms with E-state index in [1.165, 1.54) is 0 Å². The van der Waals surface area contributed by atoms with E-state index < -0.39 is 0 Å². The quantitative estimate of drug-likeness (QED) is 0.629. The van der Waals surface area contributed by atoms with Gasteiger partial charge in [0.1, 0.15) is 0 Å². The lowest BCUT2D eigenvalue weighted by molar-refractivity contribution is 0.111. The van der Waals surface area contributed by atoms with Crippen LogP contribution in [-0.2, 0) is 4.74 Å². The normalized spacial score (nSPS) is 19.4. The molecule has 1 saturated heterocycles. The van der Waals surface area contributed by atoms with Crippen molar-refractivity contribution in [3.05, 3.63) is 0 Å². The van der Waals surface area contributed by atoms with Crippen molar-refractivity contribution in [2.24, 2.45) is 5.41 Å². The third-order valence-corrected chi connectivity index (χ3v) is 4.28. The van der Waals surface area contributed by atoms with E-state index in [2.05, 4.69) is 24.5 Å². The zero-order valence-electron chi connectivity index (χ0n) is 12.2. The van der Waals surface area contributed by atoms with Crippen LogP contribution in [-0.4, -0.2) is 43.5 Å². The largest absolute Gasteiger partial charge is 0.396 e. The lowest BCUT2D eigenvalue weighted by Crippen LogP contribution is -2.44. The van der Waals surface area contributed by atoms with Crippen LogP contribution in [0.3, 0.4) is 0 Å². The molecule has 1 fully saturated rings. The summed E-state index contributed by atoms with van der Waals surface area (Å²) in [6.07, 6.45) is 4.92. The molecule has 1 atom stereocenters. The highest BCUT2D eigenvalue weighted by Gasteiger charge is 2.26. The van der Waals surface area contributed by atoms with Crippen molar-refractivity contribution in [1.82, 2.24) is 10.6 Å². The Hall–Kier alpha value is -0.810. The number of amides is 2. The number of rotatable bonds is 8. The lowest BCUT2D eigenvalue weighted by atomic mass is 9.79. The molecule has 1 aliphatic heterocycles. The summed E-state index contributed by atoms with van der Waals surface area (Å²) in [4.78, 5) is 11.7. The fourth-order valence-corrected chi connectivity index (χ4v) is 2.52. The van der Waals surface area contributed by atoms with Crippen LogP contribution in [0.1, 0.15) is 46.0 Å². The number of aliphatic hydroxyl groups is 1. The molecular formula is C14H28N2O3. The van der Waals surface area contributed by atoms with E-state index >= 15 is 0 Å². The molecule has 2 amide bonds. The van der Waals surface area contributed by atoms with Gasteiger partial charge in [-0.2, -0.15) is 0 Å². The SMILES string of the molecule is CCC(CC)(CCO)CNC(=O)NC[C@H]1CCCO1. The Morgan fingerprint density at radius 2 is 2.11 bits per heavy atom. The minimum absolute atomic E-state index is 0.00987.